The van der Waals surface area contributed by atoms with Crippen LogP contribution in [0.5, 0.6) is 0 Å². The zero-order valence-electron chi connectivity index (χ0n) is 9.66. The fourth-order valence-corrected chi connectivity index (χ4v) is 2.08. The van der Waals surface area contributed by atoms with Gasteiger partial charge in [0.2, 0.25) is 0 Å². The Bertz CT molecular complexity index is 362. The van der Waals surface area contributed by atoms with Crippen LogP contribution >= 0.6 is 0 Å². The lowest BCUT2D eigenvalue weighted by atomic mass is 9.95. The SMILES string of the molecule is C[C@H]1CN(Cc2cncn2C)CCC1(F)F. The van der Waals surface area contributed by atoms with E-state index in [4.69, 9.17) is 0 Å². The lowest BCUT2D eigenvalue weighted by molar-refractivity contribution is -0.101. The summed E-state index contributed by atoms with van der Waals surface area (Å²) in [6.07, 6.45) is 3.49. The van der Waals surface area contributed by atoms with Gasteiger partial charge in [0.05, 0.1) is 12.0 Å². The van der Waals surface area contributed by atoms with Gasteiger partial charge >= 0.3 is 0 Å². The lowest BCUT2D eigenvalue weighted by Gasteiger charge is -2.36. The van der Waals surface area contributed by atoms with Gasteiger partial charge in [0.25, 0.3) is 5.92 Å². The molecule has 0 saturated carbocycles. The molecule has 2 rings (SSSR count). The predicted octanol–water partition coefficient (Wildman–Crippen LogP) is 1.90. The molecule has 1 aliphatic heterocycles. The van der Waals surface area contributed by atoms with Gasteiger partial charge in [-0.1, -0.05) is 6.92 Å². The number of likely N-dealkylation sites (tertiary alicyclic amines) is 1. The van der Waals surface area contributed by atoms with Crippen LogP contribution in [0.2, 0.25) is 0 Å². The van der Waals surface area contributed by atoms with Gasteiger partial charge < -0.3 is 4.57 Å². The van der Waals surface area contributed by atoms with Gasteiger partial charge in [-0.15, -0.1) is 0 Å². The minimum Gasteiger partial charge on any atom is -0.337 e. The Kier molecular flexibility index (Phi) is 2.97. The highest BCUT2D eigenvalue weighted by atomic mass is 19.3. The van der Waals surface area contributed by atoms with E-state index < -0.39 is 11.8 Å². The molecule has 0 aliphatic carbocycles. The summed E-state index contributed by atoms with van der Waals surface area (Å²) in [5, 5.41) is 0. The highest BCUT2D eigenvalue weighted by Gasteiger charge is 2.40. The maximum atomic E-state index is 13.3. The number of imidazole rings is 1. The zero-order valence-corrected chi connectivity index (χ0v) is 9.66. The fraction of sp³-hybridized carbons (Fsp3) is 0.727. The van der Waals surface area contributed by atoms with E-state index in [1.807, 2.05) is 11.6 Å². The number of alkyl halides is 2. The molecule has 2 heterocycles. The van der Waals surface area contributed by atoms with Crippen LogP contribution in [-0.2, 0) is 13.6 Å². The average molecular weight is 229 g/mol. The van der Waals surface area contributed by atoms with Crippen LogP contribution in [0.25, 0.3) is 0 Å². The maximum absolute atomic E-state index is 13.3. The lowest BCUT2D eigenvalue weighted by Crippen LogP contribution is -2.45. The Morgan fingerprint density at radius 1 is 1.56 bits per heavy atom. The number of hydrogen-bond donors (Lipinski definition) is 0. The number of rotatable bonds is 2. The summed E-state index contributed by atoms with van der Waals surface area (Å²) >= 11 is 0. The number of aromatic nitrogens is 2. The van der Waals surface area contributed by atoms with Crippen molar-refractivity contribution in [3.63, 3.8) is 0 Å². The van der Waals surface area contributed by atoms with Crippen LogP contribution in [0.15, 0.2) is 12.5 Å². The molecule has 16 heavy (non-hydrogen) atoms. The summed E-state index contributed by atoms with van der Waals surface area (Å²) < 4.78 is 28.5. The van der Waals surface area contributed by atoms with E-state index in [-0.39, 0.29) is 6.42 Å². The van der Waals surface area contributed by atoms with Crippen molar-refractivity contribution in [3.05, 3.63) is 18.2 Å². The summed E-state index contributed by atoms with van der Waals surface area (Å²) in [7, 11) is 1.92. The third-order valence-electron chi connectivity index (χ3n) is 3.32. The molecule has 90 valence electrons. The quantitative estimate of drug-likeness (QED) is 0.772. The van der Waals surface area contributed by atoms with Gasteiger partial charge in [-0.3, -0.25) is 4.90 Å². The Hall–Kier alpha value is -0.970. The van der Waals surface area contributed by atoms with Crippen LogP contribution in [0, 0.1) is 5.92 Å². The monoisotopic (exact) mass is 229 g/mol. The van der Waals surface area contributed by atoms with Crippen molar-refractivity contribution < 1.29 is 8.78 Å². The average Bonchev–Trinajstić information content (AvgIpc) is 2.59. The second kappa shape index (κ2) is 4.13. The van der Waals surface area contributed by atoms with Gasteiger partial charge in [0, 0.05) is 45.2 Å². The van der Waals surface area contributed by atoms with E-state index in [1.165, 1.54) is 0 Å². The van der Waals surface area contributed by atoms with Crippen molar-refractivity contribution in [2.75, 3.05) is 13.1 Å². The highest BCUT2D eigenvalue weighted by Crippen LogP contribution is 2.33. The van der Waals surface area contributed by atoms with Crippen LogP contribution in [0.3, 0.4) is 0 Å². The molecular weight excluding hydrogens is 212 g/mol. The molecule has 0 bridgehead atoms. The largest absolute Gasteiger partial charge is 0.337 e. The molecule has 0 spiro atoms. The summed E-state index contributed by atoms with van der Waals surface area (Å²) in [5.41, 5.74) is 1.07. The number of hydrogen-bond acceptors (Lipinski definition) is 2. The summed E-state index contributed by atoms with van der Waals surface area (Å²) in [4.78, 5) is 6.09. The topological polar surface area (TPSA) is 21.1 Å². The third kappa shape index (κ3) is 2.24. The van der Waals surface area contributed by atoms with Crippen LogP contribution in [-0.4, -0.2) is 33.5 Å². The normalized spacial score (nSPS) is 25.9. The van der Waals surface area contributed by atoms with E-state index in [1.54, 1.807) is 19.4 Å². The number of nitrogens with zero attached hydrogens (tertiary/aromatic N) is 3. The second-order valence-electron chi connectivity index (χ2n) is 4.64. The molecule has 0 amide bonds. The minimum absolute atomic E-state index is 0.0357. The van der Waals surface area contributed by atoms with E-state index in [0.29, 0.717) is 19.6 Å². The highest BCUT2D eigenvalue weighted by molar-refractivity contribution is 4.98. The molecule has 0 aromatic carbocycles. The second-order valence-corrected chi connectivity index (χ2v) is 4.64. The van der Waals surface area contributed by atoms with Crippen LogP contribution in [0.1, 0.15) is 19.0 Å². The van der Waals surface area contributed by atoms with Gasteiger partial charge in [-0.05, 0) is 0 Å². The van der Waals surface area contributed by atoms with Crippen molar-refractivity contribution >= 4 is 0 Å². The zero-order chi connectivity index (χ0) is 11.8. The molecule has 1 aromatic rings. The van der Waals surface area contributed by atoms with Gasteiger partial charge in [-0.2, -0.15) is 0 Å². The molecule has 1 aliphatic rings. The van der Waals surface area contributed by atoms with Gasteiger partial charge in [0.1, 0.15) is 0 Å². The molecule has 3 nitrogen and oxygen atoms in total. The summed E-state index contributed by atoms with van der Waals surface area (Å²) in [5.74, 6) is -3.06. The number of piperidine rings is 1. The fourth-order valence-electron chi connectivity index (χ4n) is 2.08. The first-order chi connectivity index (χ1) is 7.49. The smallest absolute Gasteiger partial charge is 0.253 e. The maximum Gasteiger partial charge on any atom is 0.253 e. The van der Waals surface area contributed by atoms with Crippen molar-refractivity contribution in [1.29, 1.82) is 0 Å². The summed E-state index contributed by atoms with van der Waals surface area (Å²) in [6, 6.07) is 0. The molecule has 0 N–H and O–H groups in total. The van der Waals surface area contributed by atoms with Gasteiger partial charge in [0.15, 0.2) is 0 Å². The van der Waals surface area contributed by atoms with Crippen molar-refractivity contribution in [3.8, 4) is 0 Å². The Labute approximate surface area is 94.1 Å². The molecule has 1 fully saturated rings. The molecule has 0 unspecified atom stereocenters. The van der Waals surface area contributed by atoms with Crippen LogP contribution in [0.4, 0.5) is 8.78 Å². The molecule has 0 radical (unpaired) electrons. The molecule has 1 atom stereocenters. The van der Waals surface area contributed by atoms with E-state index in [2.05, 4.69) is 9.88 Å². The van der Waals surface area contributed by atoms with Crippen molar-refractivity contribution in [2.45, 2.75) is 25.8 Å². The van der Waals surface area contributed by atoms with Crippen molar-refractivity contribution in [1.82, 2.24) is 14.5 Å². The van der Waals surface area contributed by atoms with Crippen LogP contribution < -0.4 is 0 Å². The Balaban J connectivity index is 1.96. The Morgan fingerprint density at radius 3 is 2.88 bits per heavy atom. The molecular formula is C11H17F2N3. The third-order valence-corrected chi connectivity index (χ3v) is 3.32. The van der Waals surface area contributed by atoms with Crippen molar-refractivity contribution in [2.24, 2.45) is 13.0 Å². The summed E-state index contributed by atoms with van der Waals surface area (Å²) in [6.45, 7) is 3.24. The first-order valence-electron chi connectivity index (χ1n) is 5.54. The molecule has 1 aromatic heterocycles. The minimum atomic E-state index is -2.50. The molecule has 5 heteroatoms. The Morgan fingerprint density at radius 2 is 2.31 bits per heavy atom. The van der Waals surface area contributed by atoms with E-state index >= 15 is 0 Å². The number of aryl methyl sites for hydroxylation is 1. The van der Waals surface area contributed by atoms with Gasteiger partial charge in [-0.25, -0.2) is 13.8 Å². The first kappa shape index (κ1) is 11.5. The van der Waals surface area contributed by atoms with E-state index in [0.717, 1.165) is 5.69 Å². The predicted molar refractivity (Wildman–Crippen MR) is 57.2 cm³/mol. The standard InChI is InChI=1S/C11H17F2N3/c1-9-6-16(4-3-11(9,12)13)7-10-5-14-8-15(10)2/h5,8-9H,3-4,6-7H2,1-2H3/t9-/m0/s1. The van der Waals surface area contributed by atoms with E-state index in [9.17, 15) is 8.78 Å². The molecule has 1 saturated heterocycles. The first-order valence-corrected chi connectivity index (χ1v) is 5.54. The number of halogens is 2.